The van der Waals surface area contributed by atoms with E-state index in [1.54, 1.807) is 30.5 Å². The summed E-state index contributed by atoms with van der Waals surface area (Å²) in [5, 5.41) is 14.2. The van der Waals surface area contributed by atoms with Crippen LogP contribution in [0.2, 0.25) is 0 Å². The lowest BCUT2D eigenvalue weighted by atomic mass is 10.1. The van der Waals surface area contributed by atoms with Crippen LogP contribution in [0.1, 0.15) is 60.4 Å². The van der Waals surface area contributed by atoms with E-state index >= 15 is 0 Å². The monoisotopic (exact) mass is 733 g/mol. The molecule has 4 aromatic rings. The van der Waals surface area contributed by atoms with Gasteiger partial charge in [0, 0.05) is 20.4 Å². The molecular formula is C29H26Br3N3O5. The van der Waals surface area contributed by atoms with Crippen molar-refractivity contribution in [2.24, 2.45) is 5.10 Å². The van der Waals surface area contributed by atoms with Crippen molar-refractivity contribution in [3.63, 3.8) is 0 Å². The third-order valence-corrected chi connectivity index (χ3v) is 8.87. The molecule has 1 atom stereocenters. The summed E-state index contributed by atoms with van der Waals surface area (Å²) in [6.07, 6.45) is 2.38. The Bertz CT molecular complexity index is 1650. The van der Waals surface area contributed by atoms with Crippen molar-refractivity contribution in [3.05, 3.63) is 94.8 Å². The molecule has 8 nitrogen and oxygen atoms in total. The fraction of sp³-hybridized carbons (Fsp3) is 0.241. The first-order valence-electron chi connectivity index (χ1n) is 12.5. The Labute approximate surface area is 256 Å². The van der Waals surface area contributed by atoms with Gasteiger partial charge in [0.1, 0.15) is 12.4 Å². The highest BCUT2D eigenvalue weighted by molar-refractivity contribution is 9.13. The third-order valence-electron chi connectivity index (χ3n) is 6.24. The standard InChI is InChI=1S/C29H26Br3N3O5/c1-4-16(3)27-34-22-11-10-20(30)13-21(22)28(36)35(27)33-14-19-12-23(39-5-2)26(25(32)24(19)31)40-15-17-6-8-18(9-7-17)29(37)38/h6-14,16H,4-5,15H2,1-3H3,(H,37,38)/t16-/m0/s1. The lowest BCUT2D eigenvalue weighted by Gasteiger charge is -2.17. The number of halogens is 3. The second-order valence-corrected chi connectivity index (χ2v) is 11.4. The van der Waals surface area contributed by atoms with Crippen molar-refractivity contribution in [2.45, 2.75) is 39.7 Å². The topological polar surface area (TPSA) is 103 Å². The Kier molecular flexibility index (Phi) is 9.81. The molecule has 0 saturated carbocycles. The number of hydrogen-bond donors (Lipinski definition) is 1. The first-order chi connectivity index (χ1) is 19.1. The molecule has 40 heavy (non-hydrogen) atoms. The minimum absolute atomic E-state index is 0.00685. The summed E-state index contributed by atoms with van der Waals surface area (Å²) in [7, 11) is 0. The number of carbonyl (C=O) groups is 1. The predicted octanol–water partition coefficient (Wildman–Crippen LogP) is 7.76. The second-order valence-electron chi connectivity index (χ2n) is 8.95. The molecule has 0 fully saturated rings. The molecule has 0 spiro atoms. The van der Waals surface area contributed by atoms with Gasteiger partial charge in [-0.25, -0.2) is 9.78 Å². The van der Waals surface area contributed by atoms with Gasteiger partial charge < -0.3 is 14.6 Å². The molecule has 0 aliphatic carbocycles. The second kappa shape index (κ2) is 13.1. The van der Waals surface area contributed by atoms with Gasteiger partial charge in [-0.3, -0.25) is 4.79 Å². The van der Waals surface area contributed by atoms with Gasteiger partial charge >= 0.3 is 5.97 Å². The van der Waals surface area contributed by atoms with E-state index in [4.69, 9.17) is 19.6 Å². The molecule has 0 radical (unpaired) electrons. The maximum Gasteiger partial charge on any atom is 0.335 e. The summed E-state index contributed by atoms with van der Waals surface area (Å²) in [6.45, 7) is 6.52. The zero-order chi connectivity index (χ0) is 29.0. The quantitative estimate of drug-likeness (QED) is 0.167. The average Bonchev–Trinajstić information content (AvgIpc) is 2.94. The smallest absolute Gasteiger partial charge is 0.335 e. The maximum absolute atomic E-state index is 13.5. The van der Waals surface area contributed by atoms with Crippen LogP contribution in [0.25, 0.3) is 10.9 Å². The first kappa shape index (κ1) is 30.0. The van der Waals surface area contributed by atoms with Gasteiger partial charge in [0.2, 0.25) is 0 Å². The fourth-order valence-electron chi connectivity index (χ4n) is 3.89. The Morgan fingerprint density at radius 2 is 1.80 bits per heavy atom. The van der Waals surface area contributed by atoms with E-state index in [0.29, 0.717) is 49.3 Å². The van der Waals surface area contributed by atoms with Crippen LogP contribution in [0.15, 0.2) is 71.8 Å². The van der Waals surface area contributed by atoms with Crippen LogP contribution >= 0.6 is 47.8 Å². The molecule has 0 saturated heterocycles. The van der Waals surface area contributed by atoms with Crippen LogP contribution in [0.5, 0.6) is 11.5 Å². The summed E-state index contributed by atoms with van der Waals surface area (Å²) >= 11 is 10.7. The largest absolute Gasteiger partial charge is 0.490 e. The molecule has 208 valence electrons. The zero-order valence-corrected chi connectivity index (χ0v) is 26.7. The number of rotatable bonds is 10. The first-order valence-corrected chi connectivity index (χ1v) is 14.9. The van der Waals surface area contributed by atoms with Gasteiger partial charge in [-0.15, -0.1) is 0 Å². The molecule has 0 aliphatic heterocycles. The SMILES string of the molecule is CCOc1cc(C=Nn2c([C@@H](C)CC)nc3ccc(Br)cc3c2=O)c(Br)c(Br)c1OCc1ccc(C(=O)O)cc1. The number of benzene rings is 3. The van der Waals surface area contributed by atoms with Crippen molar-refractivity contribution >= 4 is 70.9 Å². The number of aromatic nitrogens is 2. The normalized spacial score (nSPS) is 12.2. The highest BCUT2D eigenvalue weighted by Gasteiger charge is 2.19. The molecule has 3 aromatic carbocycles. The van der Waals surface area contributed by atoms with Crippen molar-refractivity contribution in [1.82, 2.24) is 9.66 Å². The van der Waals surface area contributed by atoms with Crippen molar-refractivity contribution < 1.29 is 19.4 Å². The van der Waals surface area contributed by atoms with Gasteiger partial charge in [-0.2, -0.15) is 9.78 Å². The maximum atomic E-state index is 13.5. The van der Waals surface area contributed by atoms with Crippen LogP contribution in [-0.2, 0) is 6.61 Å². The van der Waals surface area contributed by atoms with Crippen molar-refractivity contribution in [1.29, 1.82) is 0 Å². The molecule has 0 bridgehead atoms. The van der Waals surface area contributed by atoms with Gasteiger partial charge in [0.25, 0.3) is 5.56 Å². The summed E-state index contributed by atoms with van der Waals surface area (Å²) in [6, 6.07) is 13.7. The van der Waals surface area contributed by atoms with Crippen LogP contribution in [0.4, 0.5) is 0 Å². The minimum Gasteiger partial charge on any atom is -0.490 e. The van der Waals surface area contributed by atoms with E-state index in [1.165, 1.54) is 16.8 Å². The van der Waals surface area contributed by atoms with Gasteiger partial charge in [-0.05, 0) is 87.2 Å². The lowest BCUT2D eigenvalue weighted by Crippen LogP contribution is -2.23. The van der Waals surface area contributed by atoms with Crippen molar-refractivity contribution in [3.8, 4) is 11.5 Å². The number of carboxylic acid groups (broad SMARTS) is 1. The number of hydrogen-bond acceptors (Lipinski definition) is 6. The molecule has 0 aliphatic rings. The van der Waals surface area contributed by atoms with Crippen LogP contribution in [0.3, 0.4) is 0 Å². The predicted molar refractivity (Wildman–Crippen MR) is 166 cm³/mol. The number of fused-ring (bicyclic) bond motifs is 1. The summed E-state index contributed by atoms with van der Waals surface area (Å²) in [4.78, 5) is 29.4. The third kappa shape index (κ3) is 6.47. The molecule has 11 heteroatoms. The Morgan fingerprint density at radius 3 is 2.45 bits per heavy atom. The number of nitrogens with zero attached hydrogens (tertiary/aromatic N) is 3. The molecule has 1 heterocycles. The van der Waals surface area contributed by atoms with Gasteiger partial charge in [-0.1, -0.05) is 41.9 Å². The van der Waals surface area contributed by atoms with Crippen LogP contribution in [-0.4, -0.2) is 33.6 Å². The molecule has 0 unspecified atom stereocenters. The van der Waals surface area contributed by atoms with E-state index in [9.17, 15) is 9.59 Å². The molecule has 0 amide bonds. The van der Waals surface area contributed by atoms with E-state index in [2.05, 4.69) is 52.9 Å². The van der Waals surface area contributed by atoms with E-state index in [0.717, 1.165) is 16.5 Å². The molecule has 4 rings (SSSR count). The lowest BCUT2D eigenvalue weighted by molar-refractivity contribution is 0.0697. The molecule has 1 aromatic heterocycles. The zero-order valence-electron chi connectivity index (χ0n) is 22.0. The average molecular weight is 736 g/mol. The number of aromatic carboxylic acids is 1. The molecule has 1 N–H and O–H groups in total. The fourth-order valence-corrected chi connectivity index (χ4v) is 5.19. The number of carboxylic acids is 1. The Hall–Kier alpha value is -3.02. The van der Waals surface area contributed by atoms with Gasteiger partial charge in [0.15, 0.2) is 11.5 Å². The summed E-state index contributed by atoms with van der Waals surface area (Å²) in [5.74, 6) is 0.556. The van der Waals surface area contributed by atoms with E-state index in [-0.39, 0.29) is 23.6 Å². The van der Waals surface area contributed by atoms with E-state index in [1.807, 2.05) is 32.9 Å². The van der Waals surface area contributed by atoms with E-state index < -0.39 is 5.97 Å². The van der Waals surface area contributed by atoms with Gasteiger partial charge in [0.05, 0.1) is 33.8 Å². The minimum atomic E-state index is -0.985. The van der Waals surface area contributed by atoms with Crippen LogP contribution < -0.4 is 15.0 Å². The number of ether oxygens (including phenoxy) is 2. The highest BCUT2D eigenvalue weighted by atomic mass is 79.9. The molecular weight excluding hydrogens is 710 g/mol. The summed E-state index contributed by atoms with van der Waals surface area (Å²) in [5.41, 5.74) is 2.03. The Balaban J connectivity index is 1.72. The van der Waals surface area contributed by atoms with Crippen LogP contribution in [0, 0.1) is 0 Å². The Morgan fingerprint density at radius 1 is 1.07 bits per heavy atom. The van der Waals surface area contributed by atoms with Crippen molar-refractivity contribution in [2.75, 3.05) is 6.61 Å². The summed E-state index contributed by atoms with van der Waals surface area (Å²) < 4.78 is 15.4. The highest BCUT2D eigenvalue weighted by Crippen LogP contribution is 2.43.